The highest BCUT2D eigenvalue weighted by Gasteiger charge is 2.39. The molecule has 5 nitrogen and oxygen atoms in total. The summed E-state index contributed by atoms with van der Waals surface area (Å²) in [7, 11) is 1.60. The second-order valence-electron chi connectivity index (χ2n) is 6.77. The van der Waals surface area contributed by atoms with Crippen molar-refractivity contribution in [3.8, 4) is 0 Å². The predicted molar refractivity (Wildman–Crippen MR) is 91.8 cm³/mol. The molecule has 1 aliphatic heterocycles. The molecule has 1 aliphatic rings. The molecule has 0 radical (unpaired) electrons. The first kappa shape index (κ1) is 19.5. The first-order valence-corrected chi connectivity index (χ1v) is 8.63. The van der Waals surface area contributed by atoms with Crippen molar-refractivity contribution in [1.82, 2.24) is 4.90 Å². The lowest BCUT2D eigenvalue weighted by Crippen LogP contribution is -2.52. The van der Waals surface area contributed by atoms with Gasteiger partial charge in [-0.3, -0.25) is 9.59 Å². The number of ketones is 1. The van der Waals surface area contributed by atoms with Gasteiger partial charge < -0.3 is 14.7 Å². The number of rotatable bonds is 7. The van der Waals surface area contributed by atoms with Crippen LogP contribution in [-0.4, -0.2) is 54.1 Å². The fourth-order valence-corrected chi connectivity index (χ4v) is 3.20. The number of carbonyl (C=O) groups is 2. The average Bonchev–Trinajstić information content (AvgIpc) is 2.60. The van der Waals surface area contributed by atoms with Crippen LogP contribution in [0.1, 0.15) is 43.0 Å². The lowest BCUT2D eigenvalue weighted by Gasteiger charge is -2.43. The van der Waals surface area contributed by atoms with E-state index in [0.29, 0.717) is 38.1 Å². The second-order valence-corrected chi connectivity index (χ2v) is 6.77. The minimum absolute atomic E-state index is 0.0480. The Balaban J connectivity index is 1.83. The van der Waals surface area contributed by atoms with E-state index in [1.54, 1.807) is 12.0 Å². The van der Waals surface area contributed by atoms with Gasteiger partial charge >= 0.3 is 0 Å². The topological polar surface area (TPSA) is 66.8 Å². The summed E-state index contributed by atoms with van der Waals surface area (Å²) >= 11 is 0. The number of benzene rings is 1. The van der Waals surface area contributed by atoms with Crippen molar-refractivity contribution in [3.63, 3.8) is 0 Å². The number of amides is 1. The number of halogens is 1. The Hall–Kier alpha value is -1.79. The molecule has 2 rings (SSSR count). The van der Waals surface area contributed by atoms with Gasteiger partial charge in [-0.25, -0.2) is 4.39 Å². The van der Waals surface area contributed by atoms with Crippen LogP contribution in [0.4, 0.5) is 4.39 Å². The molecule has 1 aromatic rings. The minimum Gasteiger partial charge on any atom is -0.389 e. The Morgan fingerprint density at radius 1 is 1.32 bits per heavy atom. The molecule has 1 heterocycles. The first-order chi connectivity index (χ1) is 11.9. The maximum absolute atomic E-state index is 12.9. The molecule has 1 amide bonds. The van der Waals surface area contributed by atoms with Crippen molar-refractivity contribution in [2.24, 2.45) is 5.92 Å². The summed E-state index contributed by atoms with van der Waals surface area (Å²) in [5.74, 6) is -0.699. The lowest BCUT2D eigenvalue weighted by atomic mass is 9.80. The van der Waals surface area contributed by atoms with E-state index in [-0.39, 0.29) is 30.4 Å². The smallest absolute Gasteiger partial charge is 0.223 e. The number of aliphatic hydroxyl groups is 1. The van der Waals surface area contributed by atoms with Gasteiger partial charge in [-0.2, -0.15) is 0 Å². The molecule has 1 saturated heterocycles. The van der Waals surface area contributed by atoms with E-state index in [0.717, 1.165) is 0 Å². The molecule has 1 aromatic carbocycles. The van der Waals surface area contributed by atoms with E-state index < -0.39 is 11.4 Å². The van der Waals surface area contributed by atoms with E-state index in [2.05, 4.69) is 0 Å². The third-order valence-electron chi connectivity index (χ3n) is 5.05. The lowest BCUT2D eigenvalue weighted by molar-refractivity contribution is -0.140. The highest BCUT2D eigenvalue weighted by atomic mass is 19.1. The fraction of sp³-hybridized carbons (Fsp3) is 0.579. The standard InChI is InChI=1S/C19H26FNO4/c1-14-13-21(11-9-19(14,24)10-12-25-2)18(23)8-7-17(22)15-3-5-16(20)6-4-15/h3-6,14,24H,7-13H2,1-2H3/t14-,19-/m0/s1. The highest BCUT2D eigenvalue weighted by molar-refractivity contribution is 5.97. The average molecular weight is 351 g/mol. The van der Waals surface area contributed by atoms with Crippen LogP contribution in [-0.2, 0) is 9.53 Å². The van der Waals surface area contributed by atoms with Crippen LogP contribution < -0.4 is 0 Å². The van der Waals surface area contributed by atoms with Crippen LogP contribution in [0, 0.1) is 11.7 Å². The monoisotopic (exact) mass is 351 g/mol. The molecule has 2 atom stereocenters. The van der Waals surface area contributed by atoms with Gasteiger partial charge in [0.15, 0.2) is 5.78 Å². The molecule has 138 valence electrons. The van der Waals surface area contributed by atoms with Gasteiger partial charge in [-0.1, -0.05) is 6.92 Å². The summed E-state index contributed by atoms with van der Waals surface area (Å²) < 4.78 is 17.9. The zero-order valence-corrected chi connectivity index (χ0v) is 14.8. The minimum atomic E-state index is -0.809. The van der Waals surface area contributed by atoms with E-state index >= 15 is 0 Å². The van der Waals surface area contributed by atoms with Gasteiger partial charge in [0, 0.05) is 51.1 Å². The van der Waals surface area contributed by atoms with E-state index in [9.17, 15) is 19.1 Å². The fourth-order valence-electron chi connectivity index (χ4n) is 3.20. The van der Waals surface area contributed by atoms with Crippen LogP contribution in [0.2, 0.25) is 0 Å². The molecular formula is C19H26FNO4. The maximum Gasteiger partial charge on any atom is 0.223 e. The molecule has 0 spiro atoms. The summed E-state index contributed by atoms with van der Waals surface area (Å²) in [6.07, 6.45) is 1.29. The molecule has 1 fully saturated rings. The number of Topliss-reactive ketones (excluding diaryl/α,β-unsaturated/α-hetero) is 1. The molecule has 1 N–H and O–H groups in total. The van der Waals surface area contributed by atoms with Crippen molar-refractivity contribution in [2.75, 3.05) is 26.8 Å². The van der Waals surface area contributed by atoms with Crippen molar-refractivity contribution >= 4 is 11.7 Å². The van der Waals surface area contributed by atoms with Gasteiger partial charge in [0.05, 0.1) is 5.60 Å². The van der Waals surface area contributed by atoms with Crippen LogP contribution >= 0.6 is 0 Å². The Labute approximate surface area is 147 Å². The third kappa shape index (κ3) is 5.09. The quantitative estimate of drug-likeness (QED) is 0.766. The summed E-state index contributed by atoms with van der Waals surface area (Å²) in [4.78, 5) is 26.2. The number of hydrogen-bond acceptors (Lipinski definition) is 4. The summed E-state index contributed by atoms with van der Waals surface area (Å²) in [6.45, 7) is 3.37. The number of likely N-dealkylation sites (tertiary alicyclic amines) is 1. The van der Waals surface area contributed by atoms with Gasteiger partial charge in [0.2, 0.25) is 5.91 Å². The van der Waals surface area contributed by atoms with Crippen LogP contribution in [0.3, 0.4) is 0 Å². The number of methoxy groups -OCH3 is 1. The summed E-state index contributed by atoms with van der Waals surface area (Å²) in [5.41, 5.74) is -0.397. The number of nitrogens with zero attached hydrogens (tertiary/aromatic N) is 1. The Morgan fingerprint density at radius 2 is 2.00 bits per heavy atom. The van der Waals surface area contributed by atoms with Gasteiger partial charge in [0.1, 0.15) is 5.82 Å². The van der Waals surface area contributed by atoms with Gasteiger partial charge in [-0.15, -0.1) is 0 Å². The van der Waals surface area contributed by atoms with E-state index in [1.165, 1.54) is 24.3 Å². The molecule has 0 unspecified atom stereocenters. The van der Waals surface area contributed by atoms with E-state index in [4.69, 9.17) is 4.74 Å². The van der Waals surface area contributed by atoms with Gasteiger partial charge in [0.25, 0.3) is 0 Å². The van der Waals surface area contributed by atoms with Gasteiger partial charge in [-0.05, 0) is 37.1 Å². The Morgan fingerprint density at radius 3 is 2.60 bits per heavy atom. The molecule has 0 aromatic heterocycles. The zero-order chi connectivity index (χ0) is 18.4. The zero-order valence-electron chi connectivity index (χ0n) is 14.8. The largest absolute Gasteiger partial charge is 0.389 e. The number of carbonyl (C=O) groups excluding carboxylic acids is 2. The van der Waals surface area contributed by atoms with Crippen molar-refractivity contribution in [1.29, 1.82) is 0 Å². The van der Waals surface area contributed by atoms with Crippen LogP contribution in [0.15, 0.2) is 24.3 Å². The van der Waals surface area contributed by atoms with Crippen molar-refractivity contribution < 1.29 is 23.8 Å². The normalized spacial score (nSPS) is 23.5. The molecule has 6 heteroatoms. The SMILES string of the molecule is COCC[C@@]1(O)CCN(C(=O)CCC(=O)c2ccc(F)cc2)C[C@@H]1C. The first-order valence-electron chi connectivity index (χ1n) is 8.63. The predicted octanol–water partition coefficient (Wildman–Crippen LogP) is 2.42. The number of hydrogen-bond donors (Lipinski definition) is 1. The highest BCUT2D eigenvalue weighted by Crippen LogP contribution is 2.31. The second kappa shape index (κ2) is 8.54. The molecule has 0 bridgehead atoms. The summed E-state index contributed by atoms with van der Waals surface area (Å²) in [6, 6.07) is 5.34. The molecule has 0 saturated carbocycles. The maximum atomic E-state index is 12.9. The number of piperidine rings is 1. The Kier molecular flexibility index (Phi) is 6.67. The van der Waals surface area contributed by atoms with Crippen LogP contribution in [0.25, 0.3) is 0 Å². The Bertz CT molecular complexity index is 604. The third-order valence-corrected chi connectivity index (χ3v) is 5.05. The van der Waals surface area contributed by atoms with E-state index in [1.807, 2.05) is 6.92 Å². The number of ether oxygens (including phenoxy) is 1. The molecule has 0 aliphatic carbocycles. The van der Waals surface area contributed by atoms with Crippen molar-refractivity contribution in [3.05, 3.63) is 35.6 Å². The summed E-state index contributed by atoms with van der Waals surface area (Å²) in [5, 5.41) is 10.7. The molecule has 25 heavy (non-hydrogen) atoms. The van der Waals surface area contributed by atoms with Crippen LogP contribution in [0.5, 0.6) is 0 Å². The molecular weight excluding hydrogens is 325 g/mol. The van der Waals surface area contributed by atoms with Crippen molar-refractivity contribution in [2.45, 2.75) is 38.2 Å².